The van der Waals surface area contributed by atoms with Crippen LogP contribution in [-0.4, -0.2) is 23.5 Å². The van der Waals surface area contributed by atoms with E-state index in [1.54, 1.807) is 20.8 Å². The Bertz CT molecular complexity index is 518. The van der Waals surface area contributed by atoms with Crippen LogP contribution in [0, 0.1) is 11.6 Å². The molecule has 0 saturated heterocycles. The highest BCUT2D eigenvalue weighted by molar-refractivity contribution is 5.85. The summed E-state index contributed by atoms with van der Waals surface area (Å²) in [5.41, 5.74) is -0.455. The van der Waals surface area contributed by atoms with Crippen molar-refractivity contribution >= 4 is 11.9 Å². The molecule has 0 fully saturated rings. The minimum absolute atomic E-state index is 0.196. The topological polar surface area (TPSA) is 55.4 Å². The predicted octanol–water partition coefficient (Wildman–Crippen LogP) is 2.35. The van der Waals surface area contributed by atoms with Crippen LogP contribution in [0.25, 0.3) is 0 Å². The van der Waals surface area contributed by atoms with E-state index in [9.17, 15) is 18.4 Å². The Labute approximate surface area is 122 Å². The van der Waals surface area contributed by atoms with Crippen molar-refractivity contribution in [1.29, 1.82) is 0 Å². The maximum atomic E-state index is 13.0. The molecule has 1 aromatic rings. The predicted molar refractivity (Wildman–Crippen MR) is 73.5 cm³/mol. The SMILES string of the molecule is C[C@@H](NC(=O)Cc1cc(F)cc(F)c1)C(=O)OC(C)(C)C. The van der Waals surface area contributed by atoms with E-state index in [1.807, 2.05) is 0 Å². The third kappa shape index (κ3) is 6.33. The highest BCUT2D eigenvalue weighted by Crippen LogP contribution is 2.10. The molecule has 0 unspecified atom stereocenters. The second-order valence-electron chi connectivity index (χ2n) is 5.78. The van der Waals surface area contributed by atoms with E-state index in [1.165, 1.54) is 6.92 Å². The molecular formula is C15H19F2NO3. The van der Waals surface area contributed by atoms with Crippen LogP contribution in [0.4, 0.5) is 8.78 Å². The summed E-state index contributed by atoms with van der Waals surface area (Å²) in [7, 11) is 0. The molecule has 1 amide bonds. The molecule has 0 radical (unpaired) electrons. The van der Waals surface area contributed by atoms with Gasteiger partial charge in [-0.3, -0.25) is 4.79 Å². The first kappa shape index (κ1) is 17.1. The summed E-state index contributed by atoms with van der Waals surface area (Å²) in [5.74, 6) is -2.59. The number of halogens is 2. The van der Waals surface area contributed by atoms with Gasteiger partial charge in [-0.25, -0.2) is 13.6 Å². The maximum absolute atomic E-state index is 13.0. The van der Waals surface area contributed by atoms with Gasteiger partial charge in [0.05, 0.1) is 6.42 Å². The minimum Gasteiger partial charge on any atom is -0.458 e. The van der Waals surface area contributed by atoms with Gasteiger partial charge in [-0.2, -0.15) is 0 Å². The number of hydrogen-bond donors (Lipinski definition) is 1. The van der Waals surface area contributed by atoms with E-state index in [-0.39, 0.29) is 12.0 Å². The number of carbonyl (C=O) groups excluding carboxylic acids is 2. The van der Waals surface area contributed by atoms with Crippen molar-refractivity contribution in [3.63, 3.8) is 0 Å². The lowest BCUT2D eigenvalue weighted by Gasteiger charge is -2.22. The molecule has 4 nitrogen and oxygen atoms in total. The molecule has 1 atom stereocenters. The van der Waals surface area contributed by atoms with Gasteiger partial charge in [0.1, 0.15) is 23.3 Å². The van der Waals surface area contributed by atoms with Crippen LogP contribution in [0.5, 0.6) is 0 Å². The van der Waals surface area contributed by atoms with Crippen LogP contribution >= 0.6 is 0 Å². The van der Waals surface area contributed by atoms with Gasteiger partial charge >= 0.3 is 5.97 Å². The lowest BCUT2D eigenvalue weighted by Crippen LogP contribution is -2.42. The van der Waals surface area contributed by atoms with Crippen molar-refractivity contribution in [1.82, 2.24) is 5.32 Å². The van der Waals surface area contributed by atoms with Gasteiger partial charge in [0, 0.05) is 6.07 Å². The minimum atomic E-state index is -0.838. The first-order chi connectivity index (χ1) is 9.56. The van der Waals surface area contributed by atoms with Crippen LogP contribution in [-0.2, 0) is 20.7 Å². The summed E-state index contributed by atoms with van der Waals surface area (Å²) in [5, 5.41) is 2.43. The molecule has 0 aromatic heterocycles. The second kappa shape index (κ2) is 6.65. The van der Waals surface area contributed by atoms with E-state index in [2.05, 4.69) is 5.32 Å². The zero-order chi connectivity index (χ0) is 16.2. The average molecular weight is 299 g/mol. The Morgan fingerprint density at radius 1 is 1.19 bits per heavy atom. The highest BCUT2D eigenvalue weighted by atomic mass is 19.1. The van der Waals surface area contributed by atoms with Crippen molar-refractivity contribution in [3.8, 4) is 0 Å². The highest BCUT2D eigenvalue weighted by Gasteiger charge is 2.23. The second-order valence-corrected chi connectivity index (χ2v) is 5.78. The monoisotopic (exact) mass is 299 g/mol. The van der Waals surface area contributed by atoms with Crippen molar-refractivity contribution in [2.45, 2.75) is 45.8 Å². The van der Waals surface area contributed by atoms with E-state index in [0.717, 1.165) is 18.2 Å². The van der Waals surface area contributed by atoms with Crippen molar-refractivity contribution in [2.75, 3.05) is 0 Å². The molecule has 0 bridgehead atoms. The molecule has 0 aliphatic rings. The number of amides is 1. The molecule has 6 heteroatoms. The zero-order valence-corrected chi connectivity index (χ0v) is 12.5. The Balaban J connectivity index is 2.59. The molecular weight excluding hydrogens is 280 g/mol. The van der Waals surface area contributed by atoms with E-state index < -0.39 is 35.2 Å². The summed E-state index contributed by atoms with van der Waals surface area (Å²) in [4.78, 5) is 23.4. The number of ether oxygens (including phenoxy) is 1. The molecule has 0 aliphatic carbocycles. The van der Waals surface area contributed by atoms with Crippen molar-refractivity contribution in [2.24, 2.45) is 0 Å². The van der Waals surface area contributed by atoms with Gasteiger partial charge in [0.15, 0.2) is 0 Å². The molecule has 0 aliphatic heterocycles. The smallest absolute Gasteiger partial charge is 0.328 e. The molecule has 0 saturated carbocycles. The summed E-state index contributed by atoms with van der Waals surface area (Å²) >= 11 is 0. The van der Waals surface area contributed by atoms with Crippen molar-refractivity contribution < 1.29 is 23.1 Å². The molecule has 1 aromatic carbocycles. The summed E-state index contributed by atoms with van der Waals surface area (Å²) in [6.07, 6.45) is -0.220. The number of nitrogens with one attached hydrogen (secondary N) is 1. The van der Waals surface area contributed by atoms with Gasteiger partial charge in [-0.1, -0.05) is 0 Å². The summed E-state index contributed by atoms with van der Waals surface area (Å²) in [6, 6.07) is 2.03. The number of rotatable bonds is 4. The third-order valence-electron chi connectivity index (χ3n) is 2.42. The first-order valence-electron chi connectivity index (χ1n) is 6.54. The fraction of sp³-hybridized carbons (Fsp3) is 0.467. The van der Waals surface area contributed by atoms with Gasteiger partial charge in [-0.15, -0.1) is 0 Å². The van der Waals surface area contributed by atoms with Crippen LogP contribution in [0.2, 0.25) is 0 Å². The zero-order valence-electron chi connectivity index (χ0n) is 12.5. The van der Waals surface area contributed by atoms with Crippen LogP contribution in [0.3, 0.4) is 0 Å². The Morgan fingerprint density at radius 2 is 1.71 bits per heavy atom. The number of carbonyl (C=O) groups is 2. The Morgan fingerprint density at radius 3 is 2.19 bits per heavy atom. The standard InChI is InChI=1S/C15H19F2NO3/c1-9(14(20)21-15(2,3)4)18-13(19)7-10-5-11(16)8-12(17)6-10/h5-6,8-9H,7H2,1-4H3,(H,18,19)/t9-/m1/s1. The van der Waals surface area contributed by atoms with E-state index in [0.29, 0.717) is 0 Å². The Hall–Kier alpha value is -1.98. The van der Waals surface area contributed by atoms with Crippen molar-refractivity contribution in [3.05, 3.63) is 35.4 Å². The van der Waals surface area contributed by atoms with Crippen LogP contribution in [0.15, 0.2) is 18.2 Å². The molecule has 116 valence electrons. The van der Waals surface area contributed by atoms with Gasteiger partial charge in [0.2, 0.25) is 5.91 Å². The molecule has 1 N–H and O–H groups in total. The maximum Gasteiger partial charge on any atom is 0.328 e. The van der Waals surface area contributed by atoms with E-state index >= 15 is 0 Å². The molecule has 0 spiro atoms. The lowest BCUT2D eigenvalue weighted by molar-refractivity contribution is -0.158. The number of hydrogen-bond acceptors (Lipinski definition) is 3. The molecule has 21 heavy (non-hydrogen) atoms. The lowest BCUT2D eigenvalue weighted by atomic mass is 10.1. The fourth-order valence-corrected chi connectivity index (χ4v) is 1.64. The van der Waals surface area contributed by atoms with Gasteiger partial charge in [-0.05, 0) is 45.4 Å². The quantitative estimate of drug-likeness (QED) is 0.868. The average Bonchev–Trinajstić information content (AvgIpc) is 2.24. The summed E-state index contributed by atoms with van der Waals surface area (Å²) in [6.45, 7) is 6.64. The number of esters is 1. The Kier molecular flexibility index (Phi) is 5.41. The van der Waals surface area contributed by atoms with Crippen LogP contribution < -0.4 is 5.32 Å². The number of benzene rings is 1. The van der Waals surface area contributed by atoms with Crippen LogP contribution in [0.1, 0.15) is 33.3 Å². The molecule has 1 rings (SSSR count). The normalized spacial score (nSPS) is 12.7. The summed E-state index contributed by atoms with van der Waals surface area (Å²) < 4.78 is 31.1. The first-order valence-corrected chi connectivity index (χ1v) is 6.54. The van der Waals surface area contributed by atoms with E-state index in [4.69, 9.17) is 4.74 Å². The molecule has 0 heterocycles. The third-order valence-corrected chi connectivity index (χ3v) is 2.42. The fourth-order valence-electron chi connectivity index (χ4n) is 1.64. The van der Waals surface area contributed by atoms with Gasteiger partial charge < -0.3 is 10.1 Å². The largest absolute Gasteiger partial charge is 0.458 e. The van der Waals surface area contributed by atoms with Gasteiger partial charge in [0.25, 0.3) is 0 Å².